The van der Waals surface area contributed by atoms with E-state index in [2.05, 4.69) is 0 Å². The number of pyridine rings is 1. The van der Waals surface area contributed by atoms with Gasteiger partial charge in [0.25, 0.3) is 5.56 Å². The van der Waals surface area contributed by atoms with Crippen LogP contribution in [0.25, 0.3) is 10.8 Å². The number of aromatic nitrogens is 1. The number of benzene rings is 2. The van der Waals surface area contributed by atoms with E-state index < -0.39 is 5.91 Å². The predicted octanol–water partition coefficient (Wildman–Crippen LogP) is 2.17. The van der Waals surface area contributed by atoms with Crippen LogP contribution < -0.4 is 20.8 Å². The van der Waals surface area contributed by atoms with Crippen LogP contribution in [0, 0.1) is 0 Å². The van der Waals surface area contributed by atoms with Crippen LogP contribution in [0.2, 0.25) is 0 Å². The maximum absolute atomic E-state index is 12.8. The van der Waals surface area contributed by atoms with Crippen molar-refractivity contribution in [2.24, 2.45) is 5.73 Å². The van der Waals surface area contributed by atoms with Crippen LogP contribution in [0.3, 0.4) is 0 Å². The first-order valence-corrected chi connectivity index (χ1v) is 7.68. The molecular formula is C19H18N2O4. The molecule has 6 heteroatoms. The minimum absolute atomic E-state index is 0.127. The lowest BCUT2D eigenvalue weighted by Crippen LogP contribution is -2.20. The number of hydrogen-bond donors (Lipinski definition) is 1. The van der Waals surface area contributed by atoms with Crippen LogP contribution in [0.4, 0.5) is 0 Å². The molecule has 0 atom stereocenters. The van der Waals surface area contributed by atoms with Crippen molar-refractivity contribution in [2.45, 2.75) is 6.54 Å². The quantitative estimate of drug-likeness (QED) is 0.773. The highest BCUT2D eigenvalue weighted by Gasteiger charge is 2.12. The van der Waals surface area contributed by atoms with Gasteiger partial charge in [-0.15, -0.1) is 0 Å². The van der Waals surface area contributed by atoms with Gasteiger partial charge in [-0.25, -0.2) is 0 Å². The highest BCUT2D eigenvalue weighted by molar-refractivity contribution is 5.92. The maximum Gasteiger partial charge on any atom is 0.258 e. The Morgan fingerprint density at radius 1 is 1.00 bits per heavy atom. The molecule has 2 N–H and O–H groups in total. The second kappa shape index (κ2) is 6.68. The number of fused-ring (bicyclic) bond motifs is 1. The molecule has 0 saturated carbocycles. The predicted molar refractivity (Wildman–Crippen MR) is 95.4 cm³/mol. The van der Waals surface area contributed by atoms with E-state index in [4.69, 9.17) is 15.2 Å². The lowest BCUT2D eigenvalue weighted by Gasteiger charge is -2.12. The van der Waals surface area contributed by atoms with Crippen molar-refractivity contribution in [1.82, 2.24) is 4.57 Å². The van der Waals surface area contributed by atoms with Crippen LogP contribution in [-0.2, 0) is 6.54 Å². The molecule has 0 radical (unpaired) electrons. The Balaban J connectivity index is 2.02. The van der Waals surface area contributed by atoms with Crippen LogP contribution in [0.15, 0.2) is 53.5 Å². The second-order valence-electron chi connectivity index (χ2n) is 5.57. The van der Waals surface area contributed by atoms with Gasteiger partial charge in [-0.1, -0.05) is 12.1 Å². The summed E-state index contributed by atoms with van der Waals surface area (Å²) in [6.45, 7) is 0.391. The zero-order valence-electron chi connectivity index (χ0n) is 14.0. The van der Waals surface area contributed by atoms with Gasteiger partial charge in [0.2, 0.25) is 5.91 Å². The molecule has 0 fully saturated rings. The molecule has 6 nitrogen and oxygen atoms in total. The fourth-order valence-corrected chi connectivity index (χ4v) is 2.79. The summed E-state index contributed by atoms with van der Waals surface area (Å²) in [4.78, 5) is 23.9. The van der Waals surface area contributed by atoms with E-state index in [1.165, 1.54) is 0 Å². The van der Waals surface area contributed by atoms with Crippen molar-refractivity contribution in [3.8, 4) is 11.5 Å². The van der Waals surface area contributed by atoms with Gasteiger partial charge in [0.1, 0.15) is 0 Å². The molecule has 1 amide bonds. The highest BCUT2D eigenvalue weighted by atomic mass is 16.5. The molecule has 0 bridgehead atoms. The number of nitrogens with zero attached hydrogens (tertiary/aromatic N) is 1. The minimum atomic E-state index is -0.476. The first-order chi connectivity index (χ1) is 12.0. The Hall–Kier alpha value is -3.28. The molecule has 0 unspecified atom stereocenters. The molecule has 1 aromatic heterocycles. The normalized spacial score (nSPS) is 10.6. The molecule has 1 heterocycles. The van der Waals surface area contributed by atoms with Gasteiger partial charge >= 0.3 is 0 Å². The molecule has 3 rings (SSSR count). The van der Waals surface area contributed by atoms with Gasteiger partial charge in [-0.2, -0.15) is 0 Å². The summed E-state index contributed by atoms with van der Waals surface area (Å²) in [5.74, 6) is 0.639. The van der Waals surface area contributed by atoms with Crippen LogP contribution >= 0.6 is 0 Å². The highest BCUT2D eigenvalue weighted by Crippen LogP contribution is 2.33. The SMILES string of the molecule is COc1ccc2c(=O)n(Cc3ccc(C(N)=O)cc3)ccc2c1OC. The van der Waals surface area contributed by atoms with E-state index in [-0.39, 0.29) is 5.56 Å². The van der Waals surface area contributed by atoms with Crippen LogP contribution in [-0.4, -0.2) is 24.7 Å². The van der Waals surface area contributed by atoms with Crippen molar-refractivity contribution in [3.05, 3.63) is 70.1 Å². The van der Waals surface area contributed by atoms with Gasteiger partial charge in [0.15, 0.2) is 11.5 Å². The molecule has 3 aromatic rings. The Kier molecular flexibility index (Phi) is 4.43. The lowest BCUT2D eigenvalue weighted by atomic mass is 10.1. The molecule has 0 aliphatic carbocycles. The number of rotatable bonds is 5. The van der Waals surface area contributed by atoms with E-state index in [0.29, 0.717) is 34.4 Å². The smallest absolute Gasteiger partial charge is 0.258 e. The molecule has 128 valence electrons. The van der Waals surface area contributed by atoms with Gasteiger partial charge in [0.05, 0.1) is 26.2 Å². The summed E-state index contributed by atoms with van der Waals surface area (Å²) in [7, 11) is 3.10. The van der Waals surface area contributed by atoms with Crippen molar-refractivity contribution < 1.29 is 14.3 Å². The minimum Gasteiger partial charge on any atom is -0.493 e. The monoisotopic (exact) mass is 338 g/mol. The van der Waals surface area contributed by atoms with E-state index in [1.807, 2.05) is 6.07 Å². The zero-order valence-corrected chi connectivity index (χ0v) is 14.0. The van der Waals surface area contributed by atoms with E-state index in [9.17, 15) is 9.59 Å². The molecule has 0 aliphatic heterocycles. The summed E-state index contributed by atoms with van der Waals surface area (Å²) < 4.78 is 12.3. The number of carbonyl (C=O) groups is 1. The Bertz CT molecular complexity index is 991. The topological polar surface area (TPSA) is 83.5 Å². The molecular weight excluding hydrogens is 320 g/mol. The molecule has 0 saturated heterocycles. The van der Waals surface area contributed by atoms with Gasteiger partial charge < -0.3 is 19.8 Å². The fraction of sp³-hybridized carbons (Fsp3) is 0.158. The van der Waals surface area contributed by atoms with Crippen molar-refractivity contribution in [2.75, 3.05) is 14.2 Å². The second-order valence-corrected chi connectivity index (χ2v) is 5.57. The Morgan fingerprint density at radius 3 is 2.32 bits per heavy atom. The van der Waals surface area contributed by atoms with E-state index in [0.717, 1.165) is 5.56 Å². The molecule has 2 aromatic carbocycles. The summed E-state index contributed by atoms with van der Waals surface area (Å²) in [5.41, 5.74) is 6.44. The average molecular weight is 338 g/mol. The largest absolute Gasteiger partial charge is 0.493 e. The number of amides is 1. The number of primary amides is 1. The van der Waals surface area contributed by atoms with Crippen molar-refractivity contribution in [1.29, 1.82) is 0 Å². The maximum atomic E-state index is 12.8. The summed E-state index contributed by atoms with van der Waals surface area (Å²) in [6.07, 6.45) is 1.72. The summed E-state index contributed by atoms with van der Waals surface area (Å²) >= 11 is 0. The average Bonchev–Trinajstić information content (AvgIpc) is 2.63. The molecule has 0 aliphatic rings. The standard InChI is InChI=1S/C19H18N2O4/c1-24-16-8-7-15-14(17(16)25-2)9-10-21(19(15)23)11-12-3-5-13(6-4-12)18(20)22/h3-10H,11H2,1-2H3,(H2,20,22). The van der Waals surface area contributed by atoms with Crippen molar-refractivity contribution in [3.63, 3.8) is 0 Å². The van der Waals surface area contributed by atoms with Crippen molar-refractivity contribution >= 4 is 16.7 Å². The Morgan fingerprint density at radius 2 is 1.72 bits per heavy atom. The summed E-state index contributed by atoms with van der Waals surface area (Å²) in [6, 6.07) is 12.1. The van der Waals surface area contributed by atoms with Gasteiger partial charge in [-0.3, -0.25) is 9.59 Å². The lowest BCUT2D eigenvalue weighted by molar-refractivity contribution is 0.100. The third-order valence-electron chi connectivity index (χ3n) is 4.09. The number of ether oxygens (including phenoxy) is 2. The first-order valence-electron chi connectivity index (χ1n) is 7.68. The van der Waals surface area contributed by atoms with Crippen LogP contribution in [0.1, 0.15) is 15.9 Å². The molecule has 25 heavy (non-hydrogen) atoms. The molecule has 0 spiro atoms. The fourth-order valence-electron chi connectivity index (χ4n) is 2.79. The Labute approximate surface area is 144 Å². The zero-order chi connectivity index (χ0) is 18.0. The number of methoxy groups -OCH3 is 2. The summed E-state index contributed by atoms with van der Waals surface area (Å²) in [5, 5.41) is 1.25. The van der Waals surface area contributed by atoms with E-state index in [1.54, 1.807) is 61.4 Å². The third kappa shape index (κ3) is 3.06. The van der Waals surface area contributed by atoms with Gasteiger partial charge in [0, 0.05) is 17.1 Å². The van der Waals surface area contributed by atoms with Gasteiger partial charge in [-0.05, 0) is 35.9 Å². The van der Waals surface area contributed by atoms with Crippen LogP contribution in [0.5, 0.6) is 11.5 Å². The number of hydrogen-bond acceptors (Lipinski definition) is 4. The number of nitrogens with two attached hydrogens (primary N) is 1. The first kappa shape index (κ1) is 16.6. The van der Waals surface area contributed by atoms with E-state index >= 15 is 0 Å². The number of carbonyl (C=O) groups excluding carboxylic acids is 1. The third-order valence-corrected chi connectivity index (χ3v) is 4.09.